The molecule has 0 aromatic rings. The van der Waals surface area contributed by atoms with Crippen molar-refractivity contribution in [3.63, 3.8) is 0 Å². The minimum atomic E-state index is -0.576. The van der Waals surface area contributed by atoms with E-state index in [1.165, 1.54) is 0 Å². The Bertz CT molecular complexity index is 247. The zero-order chi connectivity index (χ0) is 13.2. The van der Waals surface area contributed by atoms with Crippen LogP contribution >= 0.6 is 0 Å². The molecular formula is C12H24N4O2. The van der Waals surface area contributed by atoms with Crippen LogP contribution in [0.15, 0.2) is 0 Å². The normalized spacial score (nSPS) is 21.8. The molecule has 4 N–H and O–H groups in total. The van der Waals surface area contributed by atoms with E-state index in [-0.39, 0.29) is 11.8 Å². The van der Waals surface area contributed by atoms with Gasteiger partial charge in [0.2, 0.25) is 11.8 Å². The highest BCUT2D eigenvalue weighted by Crippen LogP contribution is 2.02. The standard InChI is InChI=1S/C12H24N4O2/c1-2-10-11(17)15-8-6-13-4-3-5-14-7-9-16-12(10)18/h10,13-14H,2-9H2,1H3,(H,15,17)(H,16,18). The molecule has 0 atom stereocenters. The lowest BCUT2D eigenvalue weighted by Gasteiger charge is -2.16. The van der Waals surface area contributed by atoms with E-state index in [4.69, 9.17) is 0 Å². The summed E-state index contributed by atoms with van der Waals surface area (Å²) >= 11 is 0. The Labute approximate surface area is 108 Å². The summed E-state index contributed by atoms with van der Waals surface area (Å²) in [6.07, 6.45) is 1.57. The third-order valence-corrected chi connectivity index (χ3v) is 2.95. The van der Waals surface area contributed by atoms with Gasteiger partial charge in [0.25, 0.3) is 0 Å². The zero-order valence-corrected chi connectivity index (χ0v) is 11.1. The fraction of sp³-hybridized carbons (Fsp3) is 0.833. The van der Waals surface area contributed by atoms with Gasteiger partial charge in [-0.15, -0.1) is 0 Å². The van der Waals surface area contributed by atoms with Crippen molar-refractivity contribution >= 4 is 11.8 Å². The molecule has 2 amide bonds. The summed E-state index contributed by atoms with van der Waals surface area (Å²) in [7, 11) is 0. The SMILES string of the molecule is CCC1C(=O)NCCNCCCNCCNC1=O. The van der Waals surface area contributed by atoms with Crippen LogP contribution in [0.1, 0.15) is 19.8 Å². The van der Waals surface area contributed by atoms with Crippen LogP contribution in [0.5, 0.6) is 0 Å². The lowest BCUT2D eigenvalue weighted by Crippen LogP contribution is -2.45. The summed E-state index contributed by atoms with van der Waals surface area (Å²) in [5, 5.41) is 12.1. The predicted molar refractivity (Wildman–Crippen MR) is 70.2 cm³/mol. The Kier molecular flexibility index (Phi) is 7.36. The van der Waals surface area contributed by atoms with Crippen LogP contribution in [0, 0.1) is 5.92 Å². The second-order valence-corrected chi connectivity index (χ2v) is 4.40. The van der Waals surface area contributed by atoms with Crippen molar-refractivity contribution in [3.05, 3.63) is 0 Å². The van der Waals surface area contributed by atoms with E-state index < -0.39 is 5.92 Å². The minimum absolute atomic E-state index is 0.179. The van der Waals surface area contributed by atoms with Gasteiger partial charge in [-0.25, -0.2) is 0 Å². The van der Waals surface area contributed by atoms with E-state index >= 15 is 0 Å². The predicted octanol–water partition coefficient (Wildman–Crippen LogP) is -1.17. The smallest absolute Gasteiger partial charge is 0.232 e. The molecule has 1 aliphatic heterocycles. The summed E-state index contributed by atoms with van der Waals surface area (Å²) in [6.45, 7) is 6.34. The van der Waals surface area contributed by atoms with E-state index in [0.717, 1.165) is 32.6 Å². The van der Waals surface area contributed by atoms with Crippen molar-refractivity contribution in [2.24, 2.45) is 5.92 Å². The topological polar surface area (TPSA) is 82.3 Å². The van der Waals surface area contributed by atoms with Crippen molar-refractivity contribution in [2.75, 3.05) is 39.3 Å². The van der Waals surface area contributed by atoms with Gasteiger partial charge in [0.1, 0.15) is 5.92 Å². The fourth-order valence-corrected chi connectivity index (χ4v) is 1.87. The van der Waals surface area contributed by atoms with E-state index in [2.05, 4.69) is 21.3 Å². The molecule has 1 saturated heterocycles. The highest BCUT2D eigenvalue weighted by Gasteiger charge is 2.23. The maximum atomic E-state index is 11.8. The third kappa shape index (κ3) is 5.46. The summed E-state index contributed by atoms with van der Waals surface area (Å²) in [5.74, 6) is -0.934. The molecule has 1 heterocycles. The van der Waals surface area contributed by atoms with Crippen LogP contribution < -0.4 is 21.3 Å². The molecule has 1 rings (SSSR count). The Hall–Kier alpha value is -1.14. The fourth-order valence-electron chi connectivity index (χ4n) is 1.87. The van der Waals surface area contributed by atoms with Crippen LogP contribution in [0.2, 0.25) is 0 Å². The number of hydrogen-bond acceptors (Lipinski definition) is 4. The molecular weight excluding hydrogens is 232 g/mol. The molecule has 1 fully saturated rings. The van der Waals surface area contributed by atoms with Crippen molar-refractivity contribution in [3.8, 4) is 0 Å². The lowest BCUT2D eigenvalue weighted by molar-refractivity contribution is -0.135. The highest BCUT2D eigenvalue weighted by molar-refractivity contribution is 6.00. The second kappa shape index (κ2) is 8.88. The quantitative estimate of drug-likeness (QED) is 0.446. The van der Waals surface area contributed by atoms with Gasteiger partial charge in [0, 0.05) is 26.2 Å². The maximum Gasteiger partial charge on any atom is 0.232 e. The molecule has 0 bridgehead atoms. The Morgan fingerprint density at radius 1 is 0.889 bits per heavy atom. The van der Waals surface area contributed by atoms with Crippen LogP contribution in [0.4, 0.5) is 0 Å². The number of carbonyl (C=O) groups is 2. The van der Waals surface area contributed by atoms with Crippen LogP contribution in [0.25, 0.3) is 0 Å². The van der Waals surface area contributed by atoms with Gasteiger partial charge >= 0.3 is 0 Å². The summed E-state index contributed by atoms with van der Waals surface area (Å²) in [5.41, 5.74) is 0. The van der Waals surface area contributed by atoms with Gasteiger partial charge in [-0.2, -0.15) is 0 Å². The molecule has 0 spiro atoms. The van der Waals surface area contributed by atoms with Gasteiger partial charge in [0.05, 0.1) is 0 Å². The van der Waals surface area contributed by atoms with E-state index in [1.807, 2.05) is 6.92 Å². The van der Waals surface area contributed by atoms with Crippen LogP contribution in [-0.2, 0) is 9.59 Å². The van der Waals surface area contributed by atoms with Gasteiger partial charge in [0.15, 0.2) is 0 Å². The Morgan fingerprint density at radius 2 is 1.39 bits per heavy atom. The highest BCUT2D eigenvalue weighted by atomic mass is 16.2. The molecule has 0 aromatic carbocycles. The van der Waals surface area contributed by atoms with Crippen molar-refractivity contribution in [1.29, 1.82) is 0 Å². The Morgan fingerprint density at radius 3 is 1.83 bits per heavy atom. The molecule has 6 nitrogen and oxygen atoms in total. The molecule has 0 aliphatic carbocycles. The van der Waals surface area contributed by atoms with Crippen molar-refractivity contribution < 1.29 is 9.59 Å². The molecule has 104 valence electrons. The molecule has 6 heteroatoms. The van der Waals surface area contributed by atoms with Gasteiger partial charge in [-0.1, -0.05) is 6.92 Å². The van der Waals surface area contributed by atoms with Crippen molar-refractivity contribution in [2.45, 2.75) is 19.8 Å². The molecule has 1 aliphatic rings. The first-order valence-electron chi connectivity index (χ1n) is 6.72. The number of rotatable bonds is 1. The lowest BCUT2D eigenvalue weighted by atomic mass is 10.0. The third-order valence-electron chi connectivity index (χ3n) is 2.95. The number of amides is 2. The molecule has 0 radical (unpaired) electrons. The monoisotopic (exact) mass is 256 g/mol. The van der Waals surface area contributed by atoms with E-state index in [9.17, 15) is 9.59 Å². The maximum absolute atomic E-state index is 11.8. The average Bonchev–Trinajstić information content (AvgIpc) is 2.36. The van der Waals surface area contributed by atoms with Gasteiger partial charge < -0.3 is 21.3 Å². The van der Waals surface area contributed by atoms with Crippen LogP contribution in [-0.4, -0.2) is 51.1 Å². The molecule has 18 heavy (non-hydrogen) atoms. The number of nitrogens with one attached hydrogen (secondary N) is 4. The second-order valence-electron chi connectivity index (χ2n) is 4.40. The average molecular weight is 256 g/mol. The first kappa shape index (κ1) is 14.9. The number of carbonyl (C=O) groups excluding carboxylic acids is 2. The van der Waals surface area contributed by atoms with Crippen LogP contribution in [0.3, 0.4) is 0 Å². The largest absolute Gasteiger partial charge is 0.354 e. The molecule has 0 unspecified atom stereocenters. The van der Waals surface area contributed by atoms with E-state index in [0.29, 0.717) is 19.5 Å². The molecule has 0 saturated carbocycles. The minimum Gasteiger partial charge on any atom is -0.354 e. The zero-order valence-electron chi connectivity index (χ0n) is 11.1. The first-order valence-corrected chi connectivity index (χ1v) is 6.72. The summed E-state index contributed by atoms with van der Waals surface area (Å²) in [6, 6.07) is 0. The van der Waals surface area contributed by atoms with Gasteiger partial charge in [-0.3, -0.25) is 9.59 Å². The Balaban J connectivity index is 2.47. The van der Waals surface area contributed by atoms with Crippen molar-refractivity contribution in [1.82, 2.24) is 21.3 Å². The summed E-state index contributed by atoms with van der Waals surface area (Å²) in [4.78, 5) is 23.6. The number of hydrogen-bond donors (Lipinski definition) is 4. The first-order chi connectivity index (χ1) is 8.75. The van der Waals surface area contributed by atoms with E-state index in [1.54, 1.807) is 0 Å². The molecule has 0 aromatic heterocycles. The summed E-state index contributed by atoms with van der Waals surface area (Å²) < 4.78 is 0. The van der Waals surface area contributed by atoms with Gasteiger partial charge in [-0.05, 0) is 25.9 Å².